The number of carbonyl (C=O) groups is 3. The molecule has 2 aromatic rings. The van der Waals surface area contributed by atoms with Gasteiger partial charge in [-0.05, 0) is 36.6 Å². The predicted octanol–water partition coefficient (Wildman–Crippen LogP) is 2.95. The first kappa shape index (κ1) is 20.2. The third-order valence-electron chi connectivity index (χ3n) is 4.41. The van der Waals surface area contributed by atoms with Crippen LogP contribution in [0.4, 0.5) is 0 Å². The Morgan fingerprint density at radius 1 is 0.926 bits per heavy atom. The zero-order valence-electron chi connectivity index (χ0n) is 15.5. The van der Waals surface area contributed by atoms with Crippen LogP contribution in [-0.4, -0.2) is 29.4 Å². The Kier molecular flexibility index (Phi) is 6.71. The van der Waals surface area contributed by atoms with Gasteiger partial charge in [-0.1, -0.05) is 50.2 Å². The summed E-state index contributed by atoms with van der Waals surface area (Å²) in [6.45, 7) is 4.20. The lowest BCUT2D eigenvalue weighted by atomic mass is 9.86. The molecule has 1 unspecified atom stereocenters. The van der Waals surface area contributed by atoms with Gasteiger partial charge in [-0.25, -0.2) is 4.79 Å². The minimum Gasteiger partial charge on any atom is -0.479 e. The van der Waals surface area contributed by atoms with E-state index in [1.807, 2.05) is 6.92 Å². The molecule has 0 aliphatic rings. The third-order valence-corrected chi connectivity index (χ3v) is 4.41. The summed E-state index contributed by atoms with van der Waals surface area (Å²) in [6, 6.07) is 14.8. The second-order valence-electron chi connectivity index (χ2n) is 6.22. The topological polar surface area (TPSA) is 95.5 Å². The highest BCUT2D eigenvalue weighted by atomic mass is 16.4. The monoisotopic (exact) mass is 368 g/mol. The molecule has 0 saturated heterocycles. The van der Waals surface area contributed by atoms with Crippen molar-refractivity contribution in [1.82, 2.24) is 10.6 Å². The van der Waals surface area contributed by atoms with Crippen LogP contribution in [0.25, 0.3) is 0 Å². The first-order chi connectivity index (χ1) is 12.9. The zero-order valence-corrected chi connectivity index (χ0v) is 15.5. The Morgan fingerprint density at radius 3 is 2.11 bits per heavy atom. The molecule has 0 aliphatic carbocycles. The maximum Gasteiger partial charge on any atom is 0.334 e. The number of benzene rings is 2. The van der Waals surface area contributed by atoms with Crippen molar-refractivity contribution in [3.05, 3.63) is 71.3 Å². The molecule has 0 saturated carbocycles. The summed E-state index contributed by atoms with van der Waals surface area (Å²) in [5.74, 6) is -1.95. The number of aliphatic carboxylic acids is 1. The van der Waals surface area contributed by atoms with E-state index in [4.69, 9.17) is 0 Å². The van der Waals surface area contributed by atoms with E-state index in [-0.39, 0.29) is 17.9 Å². The van der Waals surface area contributed by atoms with Crippen LogP contribution in [0.15, 0.2) is 54.6 Å². The molecule has 2 amide bonds. The number of rotatable bonds is 8. The zero-order chi connectivity index (χ0) is 19.9. The van der Waals surface area contributed by atoms with Gasteiger partial charge in [0, 0.05) is 17.7 Å². The van der Waals surface area contributed by atoms with Crippen molar-refractivity contribution in [2.24, 2.45) is 0 Å². The van der Waals surface area contributed by atoms with Crippen LogP contribution in [-0.2, 0) is 10.3 Å². The van der Waals surface area contributed by atoms with Gasteiger partial charge in [0.05, 0.1) is 0 Å². The van der Waals surface area contributed by atoms with Crippen LogP contribution in [0.1, 0.15) is 53.0 Å². The Balaban J connectivity index is 2.31. The number of hydrogen-bond acceptors (Lipinski definition) is 3. The highest BCUT2D eigenvalue weighted by Crippen LogP contribution is 2.26. The second-order valence-corrected chi connectivity index (χ2v) is 6.22. The normalized spacial score (nSPS) is 12.7. The summed E-state index contributed by atoms with van der Waals surface area (Å²) in [7, 11) is 0. The van der Waals surface area contributed by atoms with Crippen LogP contribution in [0.3, 0.4) is 0 Å². The van der Waals surface area contributed by atoms with Crippen molar-refractivity contribution < 1.29 is 19.5 Å². The van der Waals surface area contributed by atoms with Gasteiger partial charge in [0.1, 0.15) is 0 Å². The number of carboxylic acid groups (broad SMARTS) is 1. The average molecular weight is 368 g/mol. The SMILES string of the molecule is CCCNC(=O)c1cccc(C(=O)NC(CC)(C(=O)O)c2ccccc2)c1. The molecule has 2 rings (SSSR count). The summed E-state index contributed by atoms with van der Waals surface area (Å²) < 4.78 is 0. The number of amides is 2. The van der Waals surface area contributed by atoms with E-state index in [1.54, 1.807) is 55.5 Å². The molecule has 3 N–H and O–H groups in total. The van der Waals surface area contributed by atoms with Crippen LogP contribution in [0.5, 0.6) is 0 Å². The lowest BCUT2D eigenvalue weighted by molar-refractivity contribution is -0.145. The summed E-state index contributed by atoms with van der Waals surface area (Å²) in [5, 5.41) is 15.2. The molecule has 1 atom stereocenters. The van der Waals surface area contributed by atoms with Gasteiger partial charge in [-0.15, -0.1) is 0 Å². The van der Waals surface area contributed by atoms with Crippen LogP contribution in [0.2, 0.25) is 0 Å². The molecule has 2 aromatic carbocycles. The highest BCUT2D eigenvalue weighted by molar-refractivity contribution is 6.01. The number of hydrogen-bond donors (Lipinski definition) is 3. The van der Waals surface area contributed by atoms with Crippen LogP contribution in [0, 0.1) is 0 Å². The minimum atomic E-state index is -1.54. The van der Waals surface area contributed by atoms with E-state index in [0.717, 1.165) is 6.42 Å². The molecule has 27 heavy (non-hydrogen) atoms. The van der Waals surface area contributed by atoms with Gasteiger partial charge >= 0.3 is 5.97 Å². The van der Waals surface area contributed by atoms with Crippen LogP contribution >= 0.6 is 0 Å². The second kappa shape index (κ2) is 8.98. The fourth-order valence-electron chi connectivity index (χ4n) is 2.82. The van der Waals surface area contributed by atoms with Crippen LogP contribution < -0.4 is 10.6 Å². The highest BCUT2D eigenvalue weighted by Gasteiger charge is 2.40. The predicted molar refractivity (Wildman–Crippen MR) is 103 cm³/mol. The third kappa shape index (κ3) is 4.53. The molecule has 6 heteroatoms. The summed E-state index contributed by atoms with van der Waals surface area (Å²) in [4.78, 5) is 36.9. The Morgan fingerprint density at radius 2 is 1.56 bits per heavy atom. The Labute approximate surface area is 158 Å². The molecule has 6 nitrogen and oxygen atoms in total. The largest absolute Gasteiger partial charge is 0.479 e. The molecule has 0 fully saturated rings. The Hall–Kier alpha value is -3.15. The van der Waals surface area contributed by atoms with Crippen molar-refractivity contribution in [3.63, 3.8) is 0 Å². The van der Waals surface area contributed by atoms with E-state index in [9.17, 15) is 19.5 Å². The van der Waals surface area contributed by atoms with Gasteiger partial charge in [0.2, 0.25) is 0 Å². The van der Waals surface area contributed by atoms with Gasteiger partial charge in [-0.3, -0.25) is 9.59 Å². The van der Waals surface area contributed by atoms with Crippen molar-refractivity contribution in [3.8, 4) is 0 Å². The summed E-state index contributed by atoms with van der Waals surface area (Å²) in [6.07, 6.45) is 0.982. The lowest BCUT2D eigenvalue weighted by Gasteiger charge is -2.30. The van der Waals surface area contributed by atoms with E-state index in [1.165, 1.54) is 6.07 Å². The first-order valence-electron chi connectivity index (χ1n) is 8.94. The fraction of sp³-hybridized carbons (Fsp3) is 0.286. The molecule has 0 aliphatic heterocycles. The van der Waals surface area contributed by atoms with Crippen molar-refractivity contribution >= 4 is 17.8 Å². The fourth-order valence-corrected chi connectivity index (χ4v) is 2.82. The Bertz CT molecular complexity index is 820. The first-order valence-corrected chi connectivity index (χ1v) is 8.94. The standard InChI is InChI=1S/C21H24N2O4/c1-3-13-22-18(24)15-9-8-10-16(14-15)19(25)23-21(4-2,20(26)27)17-11-6-5-7-12-17/h5-12,14H,3-4,13H2,1-2H3,(H,22,24)(H,23,25)(H,26,27). The molecular formula is C21H24N2O4. The van der Waals surface area contributed by atoms with Gasteiger partial charge in [-0.2, -0.15) is 0 Å². The molecule has 0 radical (unpaired) electrons. The maximum atomic E-state index is 12.8. The van der Waals surface area contributed by atoms with Crippen molar-refractivity contribution in [1.29, 1.82) is 0 Å². The molecular weight excluding hydrogens is 344 g/mol. The lowest BCUT2D eigenvalue weighted by Crippen LogP contribution is -2.51. The summed E-state index contributed by atoms with van der Waals surface area (Å²) in [5.41, 5.74) is -0.466. The number of carbonyl (C=O) groups excluding carboxylic acids is 2. The molecule has 0 aromatic heterocycles. The van der Waals surface area contributed by atoms with Gasteiger partial charge in [0.25, 0.3) is 11.8 Å². The molecule has 0 heterocycles. The molecule has 0 bridgehead atoms. The number of nitrogens with one attached hydrogen (secondary N) is 2. The number of carboxylic acids is 1. The maximum absolute atomic E-state index is 12.8. The van der Waals surface area contributed by atoms with E-state index in [2.05, 4.69) is 10.6 Å². The van der Waals surface area contributed by atoms with Crippen molar-refractivity contribution in [2.75, 3.05) is 6.54 Å². The average Bonchev–Trinajstić information content (AvgIpc) is 2.70. The van der Waals surface area contributed by atoms with E-state index < -0.39 is 17.4 Å². The quantitative estimate of drug-likeness (QED) is 0.667. The van der Waals surface area contributed by atoms with E-state index in [0.29, 0.717) is 17.7 Å². The molecule has 142 valence electrons. The minimum absolute atomic E-state index is 0.175. The molecule has 0 spiro atoms. The van der Waals surface area contributed by atoms with Gasteiger partial charge < -0.3 is 15.7 Å². The smallest absolute Gasteiger partial charge is 0.334 e. The van der Waals surface area contributed by atoms with Gasteiger partial charge in [0.15, 0.2) is 5.54 Å². The van der Waals surface area contributed by atoms with E-state index >= 15 is 0 Å². The van der Waals surface area contributed by atoms with Crippen molar-refractivity contribution in [2.45, 2.75) is 32.2 Å². The summed E-state index contributed by atoms with van der Waals surface area (Å²) >= 11 is 0.